The third-order valence-electron chi connectivity index (χ3n) is 3.41. The third kappa shape index (κ3) is 3.06. The number of anilines is 2. The summed E-state index contributed by atoms with van der Waals surface area (Å²) in [6.45, 7) is 7.46. The van der Waals surface area contributed by atoms with E-state index in [2.05, 4.69) is 15.3 Å². The number of methoxy groups -OCH3 is 2. The van der Waals surface area contributed by atoms with Gasteiger partial charge in [-0.3, -0.25) is 0 Å². The number of nitrogens with one attached hydrogen (secondary N) is 1. The molecule has 0 saturated carbocycles. The Morgan fingerprint density at radius 1 is 1.17 bits per heavy atom. The normalized spacial score (nSPS) is 11.5. The van der Waals surface area contributed by atoms with E-state index in [0.717, 1.165) is 0 Å². The van der Waals surface area contributed by atoms with Crippen molar-refractivity contribution >= 4 is 39.6 Å². The number of benzene rings is 1. The molecular weight excluding hydrogens is 331 g/mol. The van der Waals surface area contributed by atoms with Crippen molar-refractivity contribution in [1.29, 1.82) is 0 Å². The Bertz CT molecular complexity index is 818. The molecule has 0 aliphatic carbocycles. The maximum atomic E-state index is 15.0. The second-order valence-corrected chi connectivity index (χ2v) is 6.96. The molecule has 0 saturated heterocycles. The van der Waals surface area contributed by atoms with Gasteiger partial charge in [0.1, 0.15) is 17.2 Å². The van der Waals surface area contributed by atoms with Crippen LogP contribution in [0, 0.1) is 5.82 Å². The van der Waals surface area contributed by atoms with Crippen molar-refractivity contribution in [3.8, 4) is 11.5 Å². The SMILES string of the molecule is COc1c(OC)c(NC(C)=S)c2c(N)nc(C(C)(C)C)nc2c1F. The second-order valence-electron chi connectivity index (χ2n) is 6.34. The molecule has 8 heteroatoms. The molecule has 0 atom stereocenters. The van der Waals surface area contributed by atoms with E-state index in [4.69, 9.17) is 27.4 Å². The number of rotatable bonds is 3. The highest BCUT2D eigenvalue weighted by Crippen LogP contribution is 2.45. The fourth-order valence-corrected chi connectivity index (χ4v) is 2.43. The molecular formula is C16H21FN4O2S. The molecule has 130 valence electrons. The molecule has 1 heterocycles. The van der Waals surface area contributed by atoms with Crippen molar-refractivity contribution in [2.75, 3.05) is 25.3 Å². The summed E-state index contributed by atoms with van der Waals surface area (Å²) >= 11 is 5.11. The highest BCUT2D eigenvalue weighted by Gasteiger charge is 2.27. The van der Waals surface area contributed by atoms with E-state index in [1.807, 2.05) is 20.8 Å². The second kappa shape index (κ2) is 6.35. The number of aromatic nitrogens is 2. The summed E-state index contributed by atoms with van der Waals surface area (Å²) in [6.07, 6.45) is 0. The van der Waals surface area contributed by atoms with E-state index in [-0.39, 0.29) is 22.8 Å². The molecule has 2 rings (SSSR count). The molecule has 0 amide bonds. The lowest BCUT2D eigenvalue weighted by molar-refractivity contribution is 0.340. The van der Waals surface area contributed by atoms with Gasteiger partial charge in [0.2, 0.25) is 5.75 Å². The van der Waals surface area contributed by atoms with Crippen LogP contribution in [0.1, 0.15) is 33.5 Å². The molecule has 24 heavy (non-hydrogen) atoms. The molecule has 6 nitrogen and oxygen atoms in total. The first-order valence-corrected chi connectivity index (χ1v) is 7.71. The highest BCUT2D eigenvalue weighted by molar-refractivity contribution is 7.80. The fourth-order valence-electron chi connectivity index (χ4n) is 2.33. The quantitative estimate of drug-likeness (QED) is 0.819. The summed E-state index contributed by atoms with van der Waals surface area (Å²) in [5.41, 5.74) is 6.17. The number of ether oxygens (including phenoxy) is 2. The number of hydrogen-bond acceptors (Lipinski definition) is 6. The summed E-state index contributed by atoms with van der Waals surface area (Å²) in [4.78, 5) is 9.17. The molecule has 2 aromatic rings. The molecule has 0 radical (unpaired) electrons. The largest absolute Gasteiger partial charge is 0.491 e. The van der Waals surface area contributed by atoms with Crippen LogP contribution in [0.15, 0.2) is 0 Å². The predicted octanol–water partition coefficient (Wildman–Crippen LogP) is 3.43. The van der Waals surface area contributed by atoms with Crippen LogP contribution < -0.4 is 20.5 Å². The number of nitrogens with two attached hydrogens (primary N) is 1. The van der Waals surface area contributed by atoms with Crippen LogP contribution in [-0.2, 0) is 5.41 Å². The molecule has 0 fully saturated rings. The average molecular weight is 352 g/mol. The van der Waals surface area contributed by atoms with Crippen LogP contribution in [0.4, 0.5) is 15.9 Å². The van der Waals surface area contributed by atoms with E-state index in [1.165, 1.54) is 14.2 Å². The molecule has 3 N–H and O–H groups in total. The minimum Gasteiger partial charge on any atom is -0.491 e. The van der Waals surface area contributed by atoms with Crippen LogP contribution in [0.5, 0.6) is 11.5 Å². The molecule has 0 bridgehead atoms. The Hall–Kier alpha value is -2.22. The topological polar surface area (TPSA) is 82.3 Å². The number of thiocarbonyl (C=S) groups is 1. The molecule has 1 aromatic heterocycles. The first kappa shape index (κ1) is 18.1. The lowest BCUT2D eigenvalue weighted by Gasteiger charge is -2.21. The molecule has 0 unspecified atom stereocenters. The smallest absolute Gasteiger partial charge is 0.201 e. The monoisotopic (exact) mass is 352 g/mol. The Morgan fingerprint density at radius 3 is 2.21 bits per heavy atom. The number of hydrogen-bond donors (Lipinski definition) is 2. The summed E-state index contributed by atoms with van der Waals surface area (Å²) < 4.78 is 25.5. The van der Waals surface area contributed by atoms with Gasteiger partial charge in [-0.25, -0.2) is 14.4 Å². The van der Waals surface area contributed by atoms with E-state index in [1.54, 1.807) is 6.92 Å². The van der Waals surface area contributed by atoms with Gasteiger partial charge in [0.25, 0.3) is 0 Å². The van der Waals surface area contributed by atoms with Gasteiger partial charge in [0.15, 0.2) is 11.6 Å². The zero-order chi connectivity index (χ0) is 18.2. The van der Waals surface area contributed by atoms with Crippen molar-refractivity contribution < 1.29 is 13.9 Å². The van der Waals surface area contributed by atoms with Crippen LogP contribution in [0.2, 0.25) is 0 Å². The van der Waals surface area contributed by atoms with Crippen molar-refractivity contribution in [2.45, 2.75) is 33.1 Å². The van der Waals surface area contributed by atoms with Crippen LogP contribution in [-0.4, -0.2) is 29.2 Å². The maximum Gasteiger partial charge on any atom is 0.201 e. The Morgan fingerprint density at radius 2 is 1.75 bits per heavy atom. The van der Waals surface area contributed by atoms with Crippen LogP contribution in [0.3, 0.4) is 0 Å². The third-order valence-corrected chi connectivity index (χ3v) is 3.51. The first-order chi connectivity index (χ1) is 11.1. The van der Waals surface area contributed by atoms with Crippen LogP contribution in [0.25, 0.3) is 10.9 Å². The number of nitrogen functional groups attached to an aromatic ring is 1. The van der Waals surface area contributed by atoms with Crippen molar-refractivity contribution in [3.05, 3.63) is 11.6 Å². The van der Waals surface area contributed by atoms with Crippen LogP contribution >= 0.6 is 12.2 Å². The zero-order valence-corrected chi connectivity index (χ0v) is 15.4. The van der Waals surface area contributed by atoms with Crippen molar-refractivity contribution in [3.63, 3.8) is 0 Å². The van der Waals surface area contributed by atoms with E-state index < -0.39 is 11.2 Å². The maximum absolute atomic E-state index is 15.0. The zero-order valence-electron chi connectivity index (χ0n) is 14.6. The van der Waals surface area contributed by atoms with Crippen molar-refractivity contribution in [1.82, 2.24) is 9.97 Å². The number of nitrogens with zero attached hydrogens (tertiary/aromatic N) is 2. The first-order valence-electron chi connectivity index (χ1n) is 7.30. The highest BCUT2D eigenvalue weighted by atomic mass is 32.1. The summed E-state index contributed by atoms with van der Waals surface area (Å²) in [5, 5.41) is 3.28. The van der Waals surface area contributed by atoms with Gasteiger partial charge in [-0.15, -0.1) is 0 Å². The minimum atomic E-state index is -0.656. The fraction of sp³-hybridized carbons (Fsp3) is 0.438. The van der Waals surface area contributed by atoms with E-state index in [9.17, 15) is 4.39 Å². The Balaban J connectivity index is 3.00. The van der Waals surface area contributed by atoms with Gasteiger partial charge < -0.3 is 20.5 Å². The standard InChI is InChI=1S/C16H21FN4O2S/c1-7(24)19-11-8-10(9(17)12(22-5)13(11)23-6)20-15(16(2,3)4)21-14(8)18/h1-6H3,(H,19,24)(H2,18,20,21). The molecule has 0 aliphatic rings. The molecule has 0 aliphatic heterocycles. The van der Waals surface area contributed by atoms with Gasteiger partial charge >= 0.3 is 0 Å². The predicted molar refractivity (Wildman–Crippen MR) is 97.6 cm³/mol. The Kier molecular flexibility index (Phi) is 4.80. The summed E-state index contributed by atoms with van der Waals surface area (Å²) in [7, 11) is 2.77. The number of fused-ring (bicyclic) bond motifs is 1. The molecule has 0 spiro atoms. The molecule has 1 aromatic carbocycles. The number of halogens is 1. The van der Waals surface area contributed by atoms with Crippen molar-refractivity contribution in [2.24, 2.45) is 0 Å². The van der Waals surface area contributed by atoms with Gasteiger partial charge in [0, 0.05) is 5.41 Å². The van der Waals surface area contributed by atoms with Gasteiger partial charge in [-0.1, -0.05) is 33.0 Å². The van der Waals surface area contributed by atoms with Gasteiger partial charge in [0.05, 0.1) is 30.3 Å². The Labute approximate surface area is 145 Å². The van der Waals surface area contributed by atoms with E-state index in [0.29, 0.717) is 21.9 Å². The minimum absolute atomic E-state index is 0.0591. The lowest BCUT2D eigenvalue weighted by Crippen LogP contribution is -2.18. The summed E-state index contributed by atoms with van der Waals surface area (Å²) in [6, 6.07) is 0. The lowest BCUT2D eigenvalue weighted by atomic mass is 9.95. The van der Waals surface area contributed by atoms with Gasteiger partial charge in [-0.2, -0.15) is 0 Å². The van der Waals surface area contributed by atoms with E-state index >= 15 is 0 Å². The summed E-state index contributed by atoms with van der Waals surface area (Å²) in [5.74, 6) is 0.0101. The average Bonchev–Trinajstić information content (AvgIpc) is 2.47. The van der Waals surface area contributed by atoms with Gasteiger partial charge in [-0.05, 0) is 6.92 Å².